The van der Waals surface area contributed by atoms with E-state index in [1.807, 2.05) is 32.0 Å². The van der Waals surface area contributed by atoms with Gasteiger partial charge >= 0.3 is 0 Å². The fourth-order valence-corrected chi connectivity index (χ4v) is 3.22. The van der Waals surface area contributed by atoms with Crippen LogP contribution in [0.4, 0.5) is 5.69 Å². The highest BCUT2D eigenvalue weighted by Gasteiger charge is 2.19. The topological polar surface area (TPSA) is 41.1 Å². The highest BCUT2D eigenvalue weighted by molar-refractivity contribution is 9.10. The fraction of sp³-hybridized carbons (Fsp3) is 0.562. The molecule has 1 fully saturated rings. The van der Waals surface area contributed by atoms with Crippen LogP contribution in [-0.2, 0) is 4.79 Å². The first-order valence-electron chi connectivity index (χ1n) is 7.39. The SMILES string of the molecule is Cc1ccc(NC(C)C(=O)NC2CCCCC2)c(Br)c1. The minimum Gasteiger partial charge on any atom is -0.373 e. The second-order valence-electron chi connectivity index (χ2n) is 5.69. The summed E-state index contributed by atoms with van der Waals surface area (Å²) in [6, 6.07) is 6.23. The lowest BCUT2D eigenvalue weighted by Gasteiger charge is -2.25. The van der Waals surface area contributed by atoms with Gasteiger partial charge in [-0.2, -0.15) is 0 Å². The fourth-order valence-electron chi connectivity index (χ4n) is 2.61. The van der Waals surface area contributed by atoms with Crippen LogP contribution < -0.4 is 10.6 Å². The molecule has 1 aliphatic carbocycles. The third-order valence-corrected chi connectivity index (χ3v) is 4.50. The van der Waals surface area contributed by atoms with E-state index >= 15 is 0 Å². The quantitative estimate of drug-likeness (QED) is 0.870. The van der Waals surface area contributed by atoms with Gasteiger partial charge in [0.2, 0.25) is 5.91 Å². The van der Waals surface area contributed by atoms with Gasteiger partial charge in [0.15, 0.2) is 0 Å². The maximum atomic E-state index is 12.2. The molecule has 2 rings (SSSR count). The van der Waals surface area contributed by atoms with Crippen molar-refractivity contribution in [1.82, 2.24) is 5.32 Å². The molecule has 1 aliphatic rings. The Hall–Kier alpha value is -1.03. The zero-order valence-corrected chi connectivity index (χ0v) is 13.8. The maximum Gasteiger partial charge on any atom is 0.242 e. The first-order valence-corrected chi connectivity index (χ1v) is 8.18. The van der Waals surface area contributed by atoms with Gasteiger partial charge in [0, 0.05) is 16.2 Å². The Balaban J connectivity index is 1.89. The van der Waals surface area contributed by atoms with Gasteiger partial charge in [-0.15, -0.1) is 0 Å². The molecule has 4 heteroatoms. The van der Waals surface area contributed by atoms with Crippen molar-refractivity contribution in [2.75, 3.05) is 5.32 Å². The Kier molecular flexibility index (Phi) is 5.46. The predicted molar refractivity (Wildman–Crippen MR) is 87.0 cm³/mol. The molecule has 0 saturated heterocycles. The second-order valence-corrected chi connectivity index (χ2v) is 6.55. The van der Waals surface area contributed by atoms with Gasteiger partial charge in [0.05, 0.1) is 0 Å². The van der Waals surface area contributed by atoms with E-state index < -0.39 is 0 Å². The van der Waals surface area contributed by atoms with Gasteiger partial charge in [-0.25, -0.2) is 0 Å². The summed E-state index contributed by atoms with van der Waals surface area (Å²) in [4.78, 5) is 12.2. The lowest BCUT2D eigenvalue weighted by atomic mass is 9.95. The number of anilines is 1. The monoisotopic (exact) mass is 338 g/mol. The Morgan fingerprint density at radius 2 is 2.00 bits per heavy atom. The summed E-state index contributed by atoms with van der Waals surface area (Å²) in [5.41, 5.74) is 2.16. The molecule has 0 heterocycles. The van der Waals surface area contributed by atoms with E-state index in [-0.39, 0.29) is 11.9 Å². The van der Waals surface area contributed by atoms with E-state index in [2.05, 4.69) is 26.6 Å². The van der Waals surface area contributed by atoms with E-state index in [0.29, 0.717) is 6.04 Å². The van der Waals surface area contributed by atoms with Gasteiger partial charge in [0.1, 0.15) is 6.04 Å². The molecule has 3 nitrogen and oxygen atoms in total. The average molecular weight is 339 g/mol. The number of hydrogen-bond acceptors (Lipinski definition) is 2. The summed E-state index contributed by atoms with van der Waals surface area (Å²) in [6.07, 6.45) is 6.00. The third kappa shape index (κ3) is 4.23. The Labute approximate surface area is 129 Å². The summed E-state index contributed by atoms with van der Waals surface area (Å²) in [7, 11) is 0. The van der Waals surface area contributed by atoms with Crippen LogP contribution in [-0.4, -0.2) is 18.0 Å². The Bertz CT molecular complexity index is 470. The van der Waals surface area contributed by atoms with E-state index in [1.165, 1.54) is 24.8 Å². The molecule has 2 N–H and O–H groups in total. The molecule has 20 heavy (non-hydrogen) atoms. The van der Waals surface area contributed by atoms with Gasteiger partial charge in [-0.1, -0.05) is 25.3 Å². The molecular weight excluding hydrogens is 316 g/mol. The zero-order chi connectivity index (χ0) is 14.5. The van der Waals surface area contributed by atoms with Gasteiger partial charge < -0.3 is 10.6 Å². The van der Waals surface area contributed by atoms with E-state index in [9.17, 15) is 4.79 Å². The summed E-state index contributed by atoms with van der Waals surface area (Å²) in [5.74, 6) is 0.0874. The standard InChI is InChI=1S/C16H23BrN2O/c1-11-8-9-15(14(17)10-11)18-12(2)16(20)19-13-6-4-3-5-7-13/h8-10,12-13,18H,3-7H2,1-2H3,(H,19,20). The van der Waals surface area contributed by atoms with Crippen molar-refractivity contribution in [2.45, 2.75) is 58.0 Å². The van der Waals surface area contributed by atoms with Crippen molar-refractivity contribution in [3.05, 3.63) is 28.2 Å². The summed E-state index contributed by atoms with van der Waals surface area (Å²) in [6.45, 7) is 3.96. The molecule has 1 unspecified atom stereocenters. The first-order chi connectivity index (χ1) is 9.56. The highest BCUT2D eigenvalue weighted by Crippen LogP contribution is 2.24. The number of nitrogens with one attached hydrogen (secondary N) is 2. The van der Waals surface area contributed by atoms with E-state index in [0.717, 1.165) is 23.0 Å². The molecule has 1 saturated carbocycles. The van der Waals surface area contributed by atoms with Gasteiger partial charge in [-0.3, -0.25) is 4.79 Å². The first kappa shape index (κ1) is 15.4. The molecule has 0 bridgehead atoms. The van der Waals surface area contributed by atoms with Crippen molar-refractivity contribution >= 4 is 27.5 Å². The maximum absolute atomic E-state index is 12.2. The van der Waals surface area contributed by atoms with Crippen LogP contribution in [0.2, 0.25) is 0 Å². The summed E-state index contributed by atoms with van der Waals surface area (Å²) >= 11 is 3.53. The minimum atomic E-state index is -0.226. The molecule has 1 aromatic rings. The van der Waals surface area contributed by atoms with Crippen LogP contribution in [0.3, 0.4) is 0 Å². The number of benzene rings is 1. The number of rotatable bonds is 4. The number of halogens is 1. The van der Waals surface area contributed by atoms with Gasteiger partial charge in [-0.05, 0) is 60.3 Å². The molecule has 110 valence electrons. The lowest BCUT2D eigenvalue weighted by molar-refractivity contribution is -0.122. The van der Waals surface area contributed by atoms with Crippen LogP contribution in [0.5, 0.6) is 0 Å². The normalized spacial score (nSPS) is 17.6. The number of carbonyl (C=O) groups excluding carboxylic acids is 1. The molecule has 0 aliphatic heterocycles. The molecular formula is C16H23BrN2O. The largest absolute Gasteiger partial charge is 0.373 e. The second kappa shape index (κ2) is 7.11. The molecule has 0 spiro atoms. The third-order valence-electron chi connectivity index (χ3n) is 3.84. The van der Waals surface area contributed by atoms with Crippen molar-refractivity contribution in [1.29, 1.82) is 0 Å². The smallest absolute Gasteiger partial charge is 0.242 e. The average Bonchev–Trinajstić information content (AvgIpc) is 2.43. The molecule has 1 amide bonds. The van der Waals surface area contributed by atoms with Crippen LogP contribution >= 0.6 is 15.9 Å². The van der Waals surface area contributed by atoms with Crippen molar-refractivity contribution < 1.29 is 4.79 Å². The molecule has 1 atom stereocenters. The minimum absolute atomic E-state index is 0.0874. The number of hydrogen-bond donors (Lipinski definition) is 2. The number of carbonyl (C=O) groups is 1. The summed E-state index contributed by atoms with van der Waals surface area (Å²) in [5, 5.41) is 6.42. The van der Waals surface area contributed by atoms with Crippen molar-refractivity contribution in [3.63, 3.8) is 0 Å². The predicted octanol–water partition coefficient (Wildman–Crippen LogP) is 4.01. The van der Waals surface area contributed by atoms with Crippen molar-refractivity contribution in [2.24, 2.45) is 0 Å². The summed E-state index contributed by atoms with van der Waals surface area (Å²) < 4.78 is 0.995. The van der Waals surface area contributed by atoms with Crippen molar-refractivity contribution in [3.8, 4) is 0 Å². The Morgan fingerprint density at radius 1 is 1.30 bits per heavy atom. The van der Waals surface area contributed by atoms with Crippen LogP contribution in [0, 0.1) is 6.92 Å². The lowest BCUT2D eigenvalue weighted by Crippen LogP contribution is -2.44. The number of aryl methyl sites for hydroxylation is 1. The zero-order valence-electron chi connectivity index (χ0n) is 12.2. The molecule has 1 aromatic carbocycles. The van der Waals surface area contributed by atoms with E-state index in [1.54, 1.807) is 0 Å². The molecule has 0 aromatic heterocycles. The van der Waals surface area contributed by atoms with Gasteiger partial charge in [0.25, 0.3) is 0 Å². The van der Waals surface area contributed by atoms with Crippen LogP contribution in [0.1, 0.15) is 44.6 Å². The number of amides is 1. The Morgan fingerprint density at radius 3 is 2.65 bits per heavy atom. The molecule has 0 radical (unpaired) electrons. The van der Waals surface area contributed by atoms with Crippen LogP contribution in [0.15, 0.2) is 22.7 Å². The highest BCUT2D eigenvalue weighted by atomic mass is 79.9. The van der Waals surface area contributed by atoms with Crippen LogP contribution in [0.25, 0.3) is 0 Å². The van der Waals surface area contributed by atoms with E-state index in [4.69, 9.17) is 0 Å².